The standard InChI is InChI=1S/C18H24N2/c1-14-8-4-5-10-17(14)13-20(3)18-11-7-6-9-16(18)12-15(2)19/h4-11,15H,12-13,19H2,1-3H3. The highest BCUT2D eigenvalue weighted by molar-refractivity contribution is 5.54. The first-order valence-electron chi connectivity index (χ1n) is 7.17. The molecule has 0 aromatic heterocycles. The van der Waals surface area contributed by atoms with Crippen LogP contribution in [0.15, 0.2) is 48.5 Å². The van der Waals surface area contributed by atoms with Gasteiger partial charge in [-0.1, -0.05) is 42.5 Å². The molecule has 0 spiro atoms. The van der Waals surface area contributed by atoms with Gasteiger partial charge < -0.3 is 10.6 Å². The van der Waals surface area contributed by atoms with Crippen molar-refractivity contribution in [1.82, 2.24) is 0 Å². The smallest absolute Gasteiger partial charge is 0.0428 e. The van der Waals surface area contributed by atoms with E-state index in [1.165, 1.54) is 22.4 Å². The van der Waals surface area contributed by atoms with E-state index in [-0.39, 0.29) is 6.04 Å². The summed E-state index contributed by atoms with van der Waals surface area (Å²) in [5.41, 5.74) is 11.2. The van der Waals surface area contributed by atoms with Gasteiger partial charge in [0.25, 0.3) is 0 Å². The highest BCUT2D eigenvalue weighted by Gasteiger charge is 2.09. The molecule has 2 aromatic rings. The number of hydrogen-bond acceptors (Lipinski definition) is 2. The van der Waals surface area contributed by atoms with Gasteiger partial charge in [-0.25, -0.2) is 0 Å². The molecule has 0 radical (unpaired) electrons. The van der Waals surface area contributed by atoms with Crippen LogP contribution >= 0.6 is 0 Å². The fourth-order valence-electron chi connectivity index (χ4n) is 2.53. The van der Waals surface area contributed by atoms with Crippen molar-refractivity contribution in [3.05, 3.63) is 65.2 Å². The van der Waals surface area contributed by atoms with Crippen molar-refractivity contribution in [3.63, 3.8) is 0 Å². The molecule has 0 aliphatic heterocycles. The first-order chi connectivity index (χ1) is 9.58. The van der Waals surface area contributed by atoms with E-state index in [1.807, 2.05) is 0 Å². The fourth-order valence-corrected chi connectivity index (χ4v) is 2.53. The van der Waals surface area contributed by atoms with Gasteiger partial charge in [0.15, 0.2) is 0 Å². The van der Waals surface area contributed by atoms with Gasteiger partial charge in [-0.2, -0.15) is 0 Å². The lowest BCUT2D eigenvalue weighted by Gasteiger charge is -2.24. The van der Waals surface area contributed by atoms with E-state index in [0.29, 0.717) is 0 Å². The minimum Gasteiger partial charge on any atom is -0.370 e. The molecule has 0 heterocycles. The second-order valence-electron chi connectivity index (χ2n) is 5.59. The van der Waals surface area contributed by atoms with Crippen LogP contribution in [0.1, 0.15) is 23.6 Å². The molecule has 2 heteroatoms. The maximum atomic E-state index is 5.95. The molecule has 20 heavy (non-hydrogen) atoms. The summed E-state index contributed by atoms with van der Waals surface area (Å²) in [5.74, 6) is 0. The number of rotatable bonds is 5. The maximum absolute atomic E-state index is 5.95. The molecule has 2 N–H and O–H groups in total. The molecular formula is C18H24N2. The van der Waals surface area contributed by atoms with Crippen molar-refractivity contribution in [2.75, 3.05) is 11.9 Å². The molecule has 0 bridgehead atoms. The Morgan fingerprint density at radius 2 is 1.60 bits per heavy atom. The molecular weight excluding hydrogens is 244 g/mol. The summed E-state index contributed by atoms with van der Waals surface area (Å²) in [7, 11) is 2.15. The predicted molar refractivity (Wildman–Crippen MR) is 87.1 cm³/mol. The SMILES string of the molecule is Cc1ccccc1CN(C)c1ccccc1CC(C)N. The third kappa shape index (κ3) is 3.61. The lowest BCUT2D eigenvalue weighted by Crippen LogP contribution is -2.22. The predicted octanol–water partition coefficient (Wildman–Crippen LogP) is 3.52. The second kappa shape index (κ2) is 6.58. The van der Waals surface area contributed by atoms with Crippen LogP contribution < -0.4 is 10.6 Å². The van der Waals surface area contributed by atoms with E-state index in [4.69, 9.17) is 5.73 Å². The van der Waals surface area contributed by atoms with E-state index in [2.05, 4.69) is 74.3 Å². The van der Waals surface area contributed by atoms with E-state index >= 15 is 0 Å². The summed E-state index contributed by atoms with van der Waals surface area (Å²) in [5, 5.41) is 0. The largest absolute Gasteiger partial charge is 0.370 e. The molecule has 0 saturated heterocycles. The van der Waals surface area contributed by atoms with Crippen LogP contribution in [-0.2, 0) is 13.0 Å². The highest BCUT2D eigenvalue weighted by atomic mass is 15.1. The zero-order valence-electron chi connectivity index (χ0n) is 12.6. The Kier molecular flexibility index (Phi) is 4.80. The molecule has 106 valence electrons. The van der Waals surface area contributed by atoms with Crippen LogP contribution in [0.3, 0.4) is 0 Å². The van der Waals surface area contributed by atoms with Gasteiger partial charge >= 0.3 is 0 Å². The topological polar surface area (TPSA) is 29.3 Å². The van der Waals surface area contributed by atoms with Gasteiger partial charge in [0.1, 0.15) is 0 Å². The number of anilines is 1. The van der Waals surface area contributed by atoms with Crippen LogP contribution in [0.5, 0.6) is 0 Å². The van der Waals surface area contributed by atoms with Gasteiger partial charge in [0.2, 0.25) is 0 Å². The third-order valence-corrected chi connectivity index (χ3v) is 3.61. The van der Waals surface area contributed by atoms with Gasteiger partial charge in [0, 0.05) is 25.3 Å². The van der Waals surface area contributed by atoms with Crippen LogP contribution in [0, 0.1) is 6.92 Å². The Labute approximate surface area is 122 Å². The number of nitrogens with two attached hydrogens (primary N) is 1. The van der Waals surface area contributed by atoms with Crippen LogP contribution in [0.2, 0.25) is 0 Å². The molecule has 2 nitrogen and oxygen atoms in total. The average Bonchev–Trinajstić information content (AvgIpc) is 2.41. The van der Waals surface area contributed by atoms with Crippen molar-refractivity contribution in [3.8, 4) is 0 Å². The quantitative estimate of drug-likeness (QED) is 0.899. The van der Waals surface area contributed by atoms with Gasteiger partial charge in [-0.3, -0.25) is 0 Å². The molecule has 2 aromatic carbocycles. The minimum atomic E-state index is 0.183. The van der Waals surface area contributed by atoms with Crippen molar-refractivity contribution < 1.29 is 0 Å². The van der Waals surface area contributed by atoms with E-state index in [0.717, 1.165) is 13.0 Å². The van der Waals surface area contributed by atoms with Crippen LogP contribution in [-0.4, -0.2) is 13.1 Å². The first-order valence-corrected chi connectivity index (χ1v) is 7.17. The monoisotopic (exact) mass is 268 g/mol. The second-order valence-corrected chi connectivity index (χ2v) is 5.59. The van der Waals surface area contributed by atoms with E-state index < -0.39 is 0 Å². The molecule has 0 fully saturated rings. The summed E-state index contributed by atoms with van der Waals surface area (Å²) < 4.78 is 0. The Bertz CT molecular complexity index is 561. The molecule has 1 atom stereocenters. The lowest BCUT2D eigenvalue weighted by molar-refractivity contribution is 0.734. The number of nitrogens with zero attached hydrogens (tertiary/aromatic N) is 1. The Hall–Kier alpha value is -1.80. The maximum Gasteiger partial charge on any atom is 0.0428 e. The first kappa shape index (κ1) is 14.6. The summed E-state index contributed by atoms with van der Waals surface area (Å²) in [4.78, 5) is 2.31. The summed E-state index contributed by atoms with van der Waals surface area (Å²) in [6.45, 7) is 5.14. The molecule has 0 aliphatic carbocycles. The Balaban J connectivity index is 2.21. The zero-order valence-corrected chi connectivity index (χ0v) is 12.6. The molecule has 2 rings (SSSR count). The molecule has 0 amide bonds. The number of benzene rings is 2. The minimum absolute atomic E-state index is 0.183. The highest BCUT2D eigenvalue weighted by Crippen LogP contribution is 2.23. The zero-order chi connectivity index (χ0) is 14.5. The van der Waals surface area contributed by atoms with Gasteiger partial charge in [-0.05, 0) is 43.0 Å². The number of hydrogen-bond donors (Lipinski definition) is 1. The molecule has 0 aliphatic rings. The summed E-state index contributed by atoms with van der Waals surface area (Å²) in [6, 6.07) is 17.3. The van der Waals surface area contributed by atoms with E-state index in [1.54, 1.807) is 0 Å². The van der Waals surface area contributed by atoms with Crippen molar-refractivity contribution in [1.29, 1.82) is 0 Å². The van der Waals surface area contributed by atoms with Crippen molar-refractivity contribution >= 4 is 5.69 Å². The van der Waals surface area contributed by atoms with Gasteiger partial charge in [-0.15, -0.1) is 0 Å². The third-order valence-electron chi connectivity index (χ3n) is 3.61. The molecule has 0 saturated carbocycles. The van der Waals surface area contributed by atoms with Crippen LogP contribution in [0.25, 0.3) is 0 Å². The number of para-hydroxylation sites is 1. The Morgan fingerprint density at radius 3 is 2.25 bits per heavy atom. The van der Waals surface area contributed by atoms with E-state index in [9.17, 15) is 0 Å². The normalized spacial score (nSPS) is 12.2. The average molecular weight is 268 g/mol. The summed E-state index contributed by atoms with van der Waals surface area (Å²) in [6.07, 6.45) is 0.911. The van der Waals surface area contributed by atoms with Crippen LogP contribution in [0.4, 0.5) is 5.69 Å². The van der Waals surface area contributed by atoms with Gasteiger partial charge in [0.05, 0.1) is 0 Å². The molecule has 1 unspecified atom stereocenters. The summed E-state index contributed by atoms with van der Waals surface area (Å²) >= 11 is 0. The number of aryl methyl sites for hydroxylation is 1. The fraction of sp³-hybridized carbons (Fsp3) is 0.333. The van der Waals surface area contributed by atoms with Crippen molar-refractivity contribution in [2.45, 2.75) is 32.9 Å². The Morgan fingerprint density at radius 1 is 1.00 bits per heavy atom. The van der Waals surface area contributed by atoms with Crippen molar-refractivity contribution in [2.24, 2.45) is 5.73 Å². The lowest BCUT2D eigenvalue weighted by atomic mass is 10.0.